The van der Waals surface area contributed by atoms with Gasteiger partial charge in [0.15, 0.2) is 0 Å². The van der Waals surface area contributed by atoms with Crippen LogP contribution >= 0.6 is 11.3 Å². The van der Waals surface area contributed by atoms with Gasteiger partial charge < -0.3 is 4.74 Å². The third kappa shape index (κ3) is 3.59. The van der Waals surface area contributed by atoms with Gasteiger partial charge in [0.1, 0.15) is 0 Å². The lowest BCUT2D eigenvalue weighted by Crippen LogP contribution is -2.15. The van der Waals surface area contributed by atoms with Gasteiger partial charge in [-0.15, -0.1) is 11.3 Å². The Morgan fingerprint density at radius 1 is 1.69 bits per heavy atom. The van der Waals surface area contributed by atoms with Gasteiger partial charge in [-0.1, -0.05) is 13.0 Å². The molecule has 0 spiro atoms. The standard InChI is InChI=1S/C10H14O2S/c1-3-8(2)12-10(11)7-9-5-4-6-13-9/h4-6,8H,3,7H2,1-2H3. The van der Waals surface area contributed by atoms with E-state index in [9.17, 15) is 4.79 Å². The van der Waals surface area contributed by atoms with Gasteiger partial charge in [0.25, 0.3) is 0 Å². The Bertz CT molecular complexity index is 254. The summed E-state index contributed by atoms with van der Waals surface area (Å²) in [5.74, 6) is -0.128. The van der Waals surface area contributed by atoms with Crippen LogP contribution in [0.15, 0.2) is 17.5 Å². The third-order valence-electron chi connectivity index (χ3n) is 1.81. The molecule has 1 aromatic heterocycles. The Kier molecular flexibility index (Phi) is 3.96. The van der Waals surface area contributed by atoms with E-state index in [-0.39, 0.29) is 12.1 Å². The Labute approximate surface area is 82.5 Å². The van der Waals surface area contributed by atoms with Gasteiger partial charge >= 0.3 is 5.97 Å². The lowest BCUT2D eigenvalue weighted by atomic mass is 10.3. The van der Waals surface area contributed by atoms with Crippen molar-refractivity contribution in [3.05, 3.63) is 22.4 Å². The highest BCUT2D eigenvalue weighted by Gasteiger charge is 2.08. The maximum atomic E-state index is 11.3. The van der Waals surface area contributed by atoms with E-state index in [4.69, 9.17) is 4.74 Å². The molecule has 13 heavy (non-hydrogen) atoms. The van der Waals surface area contributed by atoms with E-state index in [0.717, 1.165) is 11.3 Å². The molecule has 0 aliphatic carbocycles. The summed E-state index contributed by atoms with van der Waals surface area (Å²) in [7, 11) is 0. The molecule has 0 bridgehead atoms. The van der Waals surface area contributed by atoms with Crippen LogP contribution in [0.1, 0.15) is 25.1 Å². The predicted octanol–water partition coefficient (Wildman–Crippen LogP) is 2.63. The molecule has 0 fully saturated rings. The fourth-order valence-corrected chi connectivity index (χ4v) is 1.60. The number of carbonyl (C=O) groups is 1. The molecule has 1 aromatic rings. The molecule has 0 saturated carbocycles. The minimum Gasteiger partial charge on any atom is -0.462 e. The molecule has 72 valence electrons. The molecule has 0 aliphatic heterocycles. The molecule has 0 amide bonds. The highest BCUT2D eigenvalue weighted by Crippen LogP contribution is 2.10. The lowest BCUT2D eigenvalue weighted by Gasteiger charge is -2.09. The van der Waals surface area contributed by atoms with Crippen LogP contribution in [0.2, 0.25) is 0 Å². The van der Waals surface area contributed by atoms with Crippen molar-refractivity contribution in [1.82, 2.24) is 0 Å². The van der Waals surface area contributed by atoms with E-state index in [0.29, 0.717) is 6.42 Å². The van der Waals surface area contributed by atoms with Gasteiger partial charge in [0, 0.05) is 4.88 Å². The lowest BCUT2D eigenvalue weighted by molar-refractivity contribution is -0.147. The molecule has 0 radical (unpaired) electrons. The SMILES string of the molecule is CCC(C)OC(=O)Cc1cccs1. The summed E-state index contributed by atoms with van der Waals surface area (Å²) < 4.78 is 5.14. The quantitative estimate of drug-likeness (QED) is 0.695. The average molecular weight is 198 g/mol. The van der Waals surface area contributed by atoms with E-state index in [2.05, 4.69) is 0 Å². The molecular weight excluding hydrogens is 184 g/mol. The third-order valence-corrected chi connectivity index (χ3v) is 2.68. The van der Waals surface area contributed by atoms with Crippen molar-refractivity contribution in [1.29, 1.82) is 0 Å². The highest BCUT2D eigenvalue weighted by atomic mass is 32.1. The molecule has 2 nitrogen and oxygen atoms in total. The fraction of sp³-hybridized carbons (Fsp3) is 0.500. The maximum absolute atomic E-state index is 11.3. The first kappa shape index (κ1) is 10.3. The monoisotopic (exact) mass is 198 g/mol. The van der Waals surface area contributed by atoms with Crippen molar-refractivity contribution < 1.29 is 9.53 Å². The van der Waals surface area contributed by atoms with Crippen LogP contribution in [-0.4, -0.2) is 12.1 Å². The van der Waals surface area contributed by atoms with Crippen molar-refractivity contribution in [2.24, 2.45) is 0 Å². The van der Waals surface area contributed by atoms with E-state index in [1.54, 1.807) is 11.3 Å². The first-order valence-corrected chi connectivity index (χ1v) is 5.32. The van der Waals surface area contributed by atoms with Gasteiger partial charge in [0.2, 0.25) is 0 Å². The second-order valence-corrected chi connectivity index (χ2v) is 4.00. The van der Waals surface area contributed by atoms with Crippen LogP contribution in [-0.2, 0) is 16.0 Å². The molecule has 1 atom stereocenters. The minimum atomic E-state index is -0.128. The first-order chi connectivity index (χ1) is 6.22. The predicted molar refractivity (Wildman–Crippen MR) is 53.9 cm³/mol. The average Bonchev–Trinajstić information content (AvgIpc) is 2.56. The van der Waals surface area contributed by atoms with E-state index < -0.39 is 0 Å². The van der Waals surface area contributed by atoms with Crippen LogP contribution < -0.4 is 0 Å². The molecule has 1 unspecified atom stereocenters. The summed E-state index contributed by atoms with van der Waals surface area (Å²) in [5, 5.41) is 1.96. The van der Waals surface area contributed by atoms with Crippen molar-refractivity contribution in [3.8, 4) is 0 Å². The van der Waals surface area contributed by atoms with Crippen molar-refractivity contribution in [2.45, 2.75) is 32.8 Å². The number of rotatable bonds is 4. The number of esters is 1. The Morgan fingerprint density at radius 3 is 3.00 bits per heavy atom. The molecular formula is C10H14O2S. The summed E-state index contributed by atoms with van der Waals surface area (Å²) in [6.45, 7) is 3.91. The van der Waals surface area contributed by atoms with Gasteiger partial charge in [-0.05, 0) is 24.8 Å². The maximum Gasteiger partial charge on any atom is 0.311 e. The zero-order valence-electron chi connectivity index (χ0n) is 7.95. The molecule has 3 heteroatoms. The molecule has 0 aromatic carbocycles. The largest absolute Gasteiger partial charge is 0.462 e. The van der Waals surface area contributed by atoms with Crippen LogP contribution in [0.4, 0.5) is 0 Å². The van der Waals surface area contributed by atoms with Crippen LogP contribution in [0.3, 0.4) is 0 Å². The van der Waals surface area contributed by atoms with Gasteiger partial charge in [-0.25, -0.2) is 0 Å². The molecule has 0 aliphatic rings. The number of hydrogen-bond acceptors (Lipinski definition) is 3. The Hall–Kier alpha value is -0.830. The van der Waals surface area contributed by atoms with Crippen LogP contribution in [0.5, 0.6) is 0 Å². The Morgan fingerprint density at radius 2 is 2.46 bits per heavy atom. The number of thiophene rings is 1. The topological polar surface area (TPSA) is 26.3 Å². The summed E-state index contributed by atoms with van der Waals surface area (Å²) >= 11 is 1.59. The fourth-order valence-electron chi connectivity index (χ4n) is 0.905. The molecule has 0 saturated heterocycles. The van der Waals surface area contributed by atoms with Crippen LogP contribution in [0.25, 0.3) is 0 Å². The summed E-state index contributed by atoms with van der Waals surface area (Å²) in [5.41, 5.74) is 0. The first-order valence-electron chi connectivity index (χ1n) is 4.44. The van der Waals surface area contributed by atoms with Gasteiger partial charge in [-0.2, -0.15) is 0 Å². The normalized spacial score (nSPS) is 12.5. The molecule has 0 N–H and O–H groups in total. The zero-order chi connectivity index (χ0) is 9.68. The highest BCUT2D eigenvalue weighted by molar-refractivity contribution is 7.10. The number of hydrogen-bond donors (Lipinski definition) is 0. The smallest absolute Gasteiger partial charge is 0.311 e. The molecule has 1 heterocycles. The minimum absolute atomic E-state index is 0.0347. The second kappa shape index (κ2) is 5.02. The van der Waals surface area contributed by atoms with Crippen molar-refractivity contribution >= 4 is 17.3 Å². The molecule has 1 rings (SSSR count). The van der Waals surface area contributed by atoms with Gasteiger partial charge in [-0.3, -0.25) is 4.79 Å². The van der Waals surface area contributed by atoms with Crippen LogP contribution in [0, 0.1) is 0 Å². The summed E-state index contributed by atoms with van der Waals surface area (Å²) in [6.07, 6.45) is 1.31. The van der Waals surface area contributed by atoms with E-state index in [1.807, 2.05) is 31.4 Å². The Balaban J connectivity index is 2.34. The number of ether oxygens (including phenoxy) is 1. The van der Waals surface area contributed by atoms with Crippen molar-refractivity contribution in [3.63, 3.8) is 0 Å². The van der Waals surface area contributed by atoms with E-state index >= 15 is 0 Å². The second-order valence-electron chi connectivity index (χ2n) is 2.96. The summed E-state index contributed by atoms with van der Waals surface area (Å²) in [4.78, 5) is 12.3. The number of carbonyl (C=O) groups excluding carboxylic acids is 1. The van der Waals surface area contributed by atoms with Crippen molar-refractivity contribution in [2.75, 3.05) is 0 Å². The van der Waals surface area contributed by atoms with Gasteiger partial charge in [0.05, 0.1) is 12.5 Å². The van der Waals surface area contributed by atoms with E-state index in [1.165, 1.54) is 0 Å². The zero-order valence-corrected chi connectivity index (χ0v) is 8.76. The summed E-state index contributed by atoms with van der Waals surface area (Å²) in [6, 6.07) is 3.89.